The molecule has 3 rings (SSSR count). The molecule has 0 spiro atoms. The van der Waals surface area contributed by atoms with Gasteiger partial charge in [0.15, 0.2) is 0 Å². The normalized spacial score (nSPS) is 19.8. The molecule has 2 aromatic rings. The summed E-state index contributed by atoms with van der Waals surface area (Å²) >= 11 is 6.04. The second-order valence-corrected chi connectivity index (χ2v) is 6.87. The van der Waals surface area contributed by atoms with Gasteiger partial charge in [-0.05, 0) is 38.5 Å². The lowest BCUT2D eigenvalue weighted by molar-refractivity contribution is 0.0925. The lowest BCUT2D eigenvalue weighted by atomic mass is 9.97. The number of aromatic nitrogens is 2. The first-order chi connectivity index (χ1) is 12.0. The van der Waals surface area contributed by atoms with Gasteiger partial charge in [-0.15, -0.1) is 0 Å². The van der Waals surface area contributed by atoms with Gasteiger partial charge >= 0.3 is 0 Å². The number of nitrogens with one attached hydrogen (secondary N) is 1. The summed E-state index contributed by atoms with van der Waals surface area (Å²) in [5.41, 5.74) is 3.17. The Hall–Kier alpha value is -2.11. The highest BCUT2D eigenvalue weighted by Crippen LogP contribution is 2.25. The summed E-state index contributed by atoms with van der Waals surface area (Å²) in [6.07, 6.45) is 2.54. The number of nitrogens with zero attached hydrogens (tertiary/aromatic N) is 2. The first-order valence-electron chi connectivity index (χ1n) is 8.33. The summed E-state index contributed by atoms with van der Waals surface area (Å²) in [5.74, 6) is 0.142. The lowest BCUT2D eigenvalue weighted by Gasteiger charge is -2.18. The number of hydrogen-bond acceptors (Lipinski definition) is 3. The Balaban J connectivity index is 1.70. The fourth-order valence-corrected chi connectivity index (χ4v) is 3.39. The largest absolute Gasteiger partial charge is 0.374 e. The van der Waals surface area contributed by atoms with Crippen LogP contribution in [0.2, 0.25) is 5.02 Å². The van der Waals surface area contributed by atoms with Crippen LogP contribution < -0.4 is 5.32 Å². The molecule has 1 aliphatic rings. The molecule has 2 atom stereocenters. The smallest absolute Gasteiger partial charge is 0.254 e. The van der Waals surface area contributed by atoms with Crippen LogP contribution in [0, 0.1) is 12.8 Å². The van der Waals surface area contributed by atoms with Gasteiger partial charge in [0.05, 0.1) is 29.2 Å². The quantitative estimate of drug-likeness (QED) is 0.831. The summed E-state index contributed by atoms with van der Waals surface area (Å²) in [4.78, 5) is 12.6. The minimum atomic E-state index is -0.127. The molecule has 1 fully saturated rings. The average molecular weight is 360 g/mol. The number of hydrogen-bond donors (Lipinski definition) is 1. The van der Waals surface area contributed by atoms with Crippen LogP contribution in [0.15, 0.2) is 42.6 Å². The molecule has 6 heteroatoms. The minimum Gasteiger partial charge on any atom is -0.374 e. The summed E-state index contributed by atoms with van der Waals surface area (Å²) in [5, 5.41) is 7.96. The average Bonchev–Trinajstić information content (AvgIpc) is 3.19. The van der Waals surface area contributed by atoms with Crippen molar-refractivity contribution >= 4 is 17.5 Å². The Bertz CT molecular complexity index is 800. The number of ether oxygens (including phenoxy) is 1. The molecule has 25 heavy (non-hydrogen) atoms. The van der Waals surface area contributed by atoms with Gasteiger partial charge in [0.1, 0.15) is 0 Å². The lowest BCUT2D eigenvalue weighted by Crippen LogP contribution is -2.33. The summed E-state index contributed by atoms with van der Waals surface area (Å²) in [7, 11) is 0. The van der Waals surface area contributed by atoms with Crippen LogP contribution in [0.4, 0.5) is 0 Å². The zero-order valence-corrected chi connectivity index (χ0v) is 15.2. The van der Waals surface area contributed by atoms with E-state index in [1.165, 1.54) is 0 Å². The molecule has 0 radical (unpaired) electrons. The monoisotopic (exact) mass is 359 g/mol. The number of halogens is 1. The van der Waals surface area contributed by atoms with Gasteiger partial charge < -0.3 is 10.1 Å². The van der Waals surface area contributed by atoms with Crippen molar-refractivity contribution in [2.75, 3.05) is 13.2 Å². The Morgan fingerprint density at radius 2 is 2.32 bits per heavy atom. The van der Waals surface area contributed by atoms with Crippen molar-refractivity contribution in [3.05, 3.63) is 58.9 Å². The van der Waals surface area contributed by atoms with Crippen molar-refractivity contribution < 1.29 is 9.53 Å². The first kappa shape index (κ1) is 17.7. The molecule has 1 amide bonds. The van der Waals surface area contributed by atoms with E-state index < -0.39 is 0 Å². The molecule has 1 aromatic heterocycles. The molecule has 0 aliphatic carbocycles. The van der Waals surface area contributed by atoms with E-state index in [0.717, 1.165) is 23.4 Å². The van der Waals surface area contributed by atoms with Crippen LogP contribution in [-0.2, 0) is 4.74 Å². The van der Waals surface area contributed by atoms with Gasteiger partial charge in [-0.25, -0.2) is 4.68 Å². The molecule has 2 unspecified atom stereocenters. The van der Waals surface area contributed by atoms with Crippen molar-refractivity contribution in [2.24, 2.45) is 5.92 Å². The van der Waals surface area contributed by atoms with Crippen molar-refractivity contribution in [3.8, 4) is 5.69 Å². The zero-order chi connectivity index (χ0) is 18.0. The van der Waals surface area contributed by atoms with E-state index in [1.807, 2.05) is 32.0 Å². The number of benzene rings is 1. The third kappa shape index (κ3) is 3.78. The number of carbonyl (C=O) groups excluding carboxylic acids is 1. The Labute approximate surface area is 152 Å². The van der Waals surface area contributed by atoms with Crippen LogP contribution in [0.3, 0.4) is 0 Å². The number of amides is 1. The second kappa shape index (κ2) is 7.42. The van der Waals surface area contributed by atoms with Crippen LogP contribution >= 0.6 is 11.6 Å². The maximum Gasteiger partial charge on any atom is 0.254 e. The Morgan fingerprint density at radius 1 is 1.52 bits per heavy atom. The molecule has 132 valence electrons. The zero-order valence-electron chi connectivity index (χ0n) is 14.5. The predicted molar refractivity (Wildman–Crippen MR) is 98.3 cm³/mol. The summed E-state index contributed by atoms with van der Waals surface area (Å²) in [6, 6.07) is 7.38. The number of rotatable bonds is 5. The first-order valence-corrected chi connectivity index (χ1v) is 8.71. The van der Waals surface area contributed by atoms with Gasteiger partial charge in [-0.1, -0.05) is 29.8 Å². The Kier molecular flexibility index (Phi) is 5.25. The van der Waals surface area contributed by atoms with Crippen molar-refractivity contribution in [2.45, 2.75) is 26.4 Å². The maximum absolute atomic E-state index is 12.6. The van der Waals surface area contributed by atoms with E-state index in [9.17, 15) is 4.79 Å². The van der Waals surface area contributed by atoms with Crippen molar-refractivity contribution in [3.63, 3.8) is 0 Å². The van der Waals surface area contributed by atoms with Crippen LogP contribution in [0.5, 0.6) is 0 Å². The van der Waals surface area contributed by atoms with Gasteiger partial charge in [-0.3, -0.25) is 4.79 Å². The van der Waals surface area contributed by atoms with E-state index >= 15 is 0 Å². The molecule has 0 bridgehead atoms. The van der Waals surface area contributed by atoms with E-state index in [4.69, 9.17) is 16.3 Å². The van der Waals surface area contributed by atoms with Crippen molar-refractivity contribution in [1.29, 1.82) is 0 Å². The highest BCUT2D eigenvalue weighted by Gasteiger charge is 2.29. The molecule has 1 saturated heterocycles. The fourth-order valence-electron chi connectivity index (χ4n) is 3.21. The Morgan fingerprint density at radius 3 is 3.04 bits per heavy atom. The molecule has 0 saturated carbocycles. The highest BCUT2D eigenvalue weighted by atomic mass is 35.5. The maximum atomic E-state index is 12.6. The van der Waals surface area contributed by atoms with Crippen LogP contribution in [0.1, 0.15) is 29.4 Å². The molecule has 5 nitrogen and oxygen atoms in total. The topological polar surface area (TPSA) is 56.1 Å². The van der Waals surface area contributed by atoms with E-state index in [-0.39, 0.29) is 17.9 Å². The number of carbonyl (C=O) groups is 1. The van der Waals surface area contributed by atoms with Gasteiger partial charge in [-0.2, -0.15) is 5.10 Å². The molecule has 1 aliphatic heterocycles. The van der Waals surface area contributed by atoms with Gasteiger partial charge in [0.2, 0.25) is 0 Å². The summed E-state index contributed by atoms with van der Waals surface area (Å²) < 4.78 is 7.40. The van der Waals surface area contributed by atoms with Crippen LogP contribution in [0.25, 0.3) is 5.69 Å². The van der Waals surface area contributed by atoms with Crippen molar-refractivity contribution in [1.82, 2.24) is 15.1 Å². The standard InChI is InChI=1S/C19H22ClN3O2/c1-12(2)18-14(7-8-25-18)10-21-19(24)17-11-22-23(13(17)3)16-6-4-5-15(20)9-16/h4-6,9,11,14,18H,1,7-8,10H2,2-3H3,(H,21,24). The highest BCUT2D eigenvalue weighted by molar-refractivity contribution is 6.30. The molecular weight excluding hydrogens is 338 g/mol. The third-order valence-electron chi connectivity index (χ3n) is 4.53. The predicted octanol–water partition coefficient (Wildman–Crippen LogP) is 3.55. The van der Waals surface area contributed by atoms with E-state index in [0.29, 0.717) is 23.7 Å². The molecule has 1 N–H and O–H groups in total. The molecule has 2 heterocycles. The molecule has 1 aromatic carbocycles. The second-order valence-electron chi connectivity index (χ2n) is 6.43. The SMILES string of the molecule is C=C(C)C1OCCC1CNC(=O)c1cnn(-c2cccc(Cl)c2)c1C. The van der Waals surface area contributed by atoms with E-state index in [2.05, 4.69) is 17.0 Å². The van der Waals surface area contributed by atoms with Gasteiger partial charge in [0, 0.05) is 24.1 Å². The summed E-state index contributed by atoms with van der Waals surface area (Å²) in [6.45, 7) is 9.08. The van der Waals surface area contributed by atoms with E-state index in [1.54, 1.807) is 16.9 Å². The third-order valence-corrected chi connectivity index (χ3v) is 4.77. The van der Waals surface area contributed by atoms with Gasteiger partial charge in [0.25, 0.3) is 5.91 Å². The fraction of sp³-hybridized carbons (Fsp3) is 0.368. The molecular formula is C19H22ClN3O2. The van der Waals surface area contributed by atoms with Crippen LogP contribution in [-0.4, -0.2) is 34.9 Å². The minimum absolute atomic E-state index is 0.0237.